The van der Waals surface area contributed by atoms with Crippen molar-refractivity contribution in [3.05, 3.63) is 10.8 Å². The maximum Gasteiger partial charge on any atom is 0.144 e. The smallest absolute Gasteiger partial charge is 0.144 e. The topological polar surface area (TPSA) is 37.8 Å². The largest absolute Gasteiger partial charge is 0.369 e. The normalized spacial score (nSPS) is 9.92. The van der Waals surface area contributed by atoms with Crippen LogP contribution in [0.4, 0.5) is 5.82 Å². The molecule has 0 saturated heterocycles. The van der Waals surface area contributed by atoms with Gasteiger partial charge in [0.25, 0.3) is 0 Å². The highest BCUT2D eigenvalue weighted by Crippen LogP contribution is 2.28. The van der Waals surface area contributed by atoms with Crippen LogP contribution in [-0.4, -0.2) is 22.8 Å². The third-order valence-corrected chi connectivity index (χ3v) is 3.00. The SMILES string of the molecule is CCNc1ncnc(SC)c1Br. The number of nitrogens with zero attached hydrogens (tertiary/aromatic N) is 2. The summed E-state index contributed by atoms with van der Waals surface area (Å²) in [5, 5.41) is 4.10. The van der Waals surface area contributed by atoms with Crippen LogP contribution < -0.4 is 5.32 Å². The predicted molar refractivity (Wildman–Crippen MR) is 55.7 cm³/mol. The zero-order valence-corrected chi connectivity index (χ0v) is 9.37. The van der Waals surface area contributed by atoms with Gasteiger partial charge < -0.3 is 5.32 Å². The molecule has 0 aromatic carbocycles. The van der Waals surface area contributed by atoms with Gasteiger partial charge in [-0.25, -0.2) is 9.97 Å². The summed E-state index contributed by atoms with van der Waals surface area (Å²) in [5.74, 6) is 0.858. The number of aromatic nitrogens is 2. The van der Waals surface area contributed by atoms with Gasteiger partial charge in [-0.3, -0.25) is 0 Å². The van der Waals surface area contributed by atoms with E-state index in [1.165, 1.54) is 0 Å². The highest BCUT2D eigenvalue weighted by atomic mass is 79.9. The molecule has 1 aromatic heterocycles. The Bertz CT molecular complexity index is 267. The number of rotatable bonds is 3. The minimum absolute atomic E-state index is 0.858. The molecule has 0 bridgehead atoms. The molecule has 0 aliphatic heterocycles. The zero-order chi connectivity index (χ0) is 8.97. The van der Waals surface area contributed by atoms with E-state index < -0.39 is 0 Å². The third-order valence-electron chi connectivity index (χ3n) is 1.30. The Labute approximate surface area is 84.5 Å². The minimum Gasteiger partial charge on any atom is -0.369 e. The first-order valence-electron chi connectivity index (χ1n) is 3.58. The van der Waals surface area contributed by atoms with Crippen molar-refractivity contribution < 1.29 is 0 Å². The fraction of sp³-hybridized carbons (Fsp3) is 0.429. The second-order valence-corrected chi connectivity index (χ2v) is 3.66. The van der Waals surface area contributed by atoms with E-state index in [1.54, 1.807) is 18.1 Å². The van der Waals surface area contributed by atoms with Gasteiger partial charge in [-0.15, -0.1) is 11.8 Å². The standard InChI is InChI=1S/C7H10BrN3S/c1-3-9-6-5(8)7(12-2)11-4-10-6/h4H,3H2,1-2H3,(H,9,10,11). The van der Waals surface area contributed by atoms with Crippen molar-refractivity contribution in [3.8, 4) is 0 Å². The first-order chi connectivity index (χ1) is 5.79. The lowest BCUT2D eigenvalue weighted by molar-refractivity contribution is 1.01. The molecule has 1 heterocycles. The van der Waals surface area contributed by atoms with Gasteiger partial charge in [-0.1, -0.05) is 0 Å². The van der Waals surface area contributed by atoms with Crippen LogP contribution in [0.3, 0.4) is 0 Å². The van der Waals surface area contributed by atoms with Crippen LogP contribution >= 0.6 is 27.7 Å². The number of hydrogen-bond donors (Lipinski definition) is 1. The molecule has 0 fully saturated rings. The summed E-state index contributed by atoms with van der Waals surface area (Å²) in [4.78, 5) is 8.20. The van der Waals surface area contributed by atoms with Crippen molar-refractivity contribution in [2.45, 2.75) is 11.9 Å². The average Bonchev–Trinajstić information content (AvgIpc) is 2.09. The quantitative estimate of drug-likeness (QED) is 0.658. The Morgan fingerprint density at radius 1 is 1.58 bits per heavy atom. The number of nitrogens with one attached hydrogen (secondary N) is 1. The summed E-state index contributed by atoms with van der Waals surface area (Å²) in [6.45, 7) is 2.90. The van der Waals surface area contributed by atoms with Crippen molar-refractivity contribution in [1.29, 1.82) is 0 Å². The van der Waals surface area contributed by atoms with E-state index >= 15 is 0 Å². The van der Waals surface area contributed by atoms with Gasteiger partial charge >= 0.3 is 0 Å². The summed E-state index contributed by atoms with van der Waals surface area (Å²) in [5.41, 5.74) is 0. The average molecular weight is 248 g/mol. The lowest BCUT2D eigenvalue weighted by atomic mass is 10.5. The minimum atomic E-state index is 0.858. The Balaban J connectivity index is 2.97. The lowest BCUT2D eigenvalue weighted by Crippen LogP contribution is -2.01. The van der Waals surface area contributed by atoms with Gasteiger partial charge in [0.1, 0.15) is 17.2 Å². The van der Waals surface area contributed by atoms with Crippen LogP contribution in [-0.2, 0) is 0 Å². The van der Waals surface area contributed by atoms with Crippen molar-refractivity contribution in [1.82, 2.24) is 9.97 Å². The van der Waals surface area contributed by atoms with E-state index in [2.05, 4.69) is 31.2 Å². The molecule has 0 atom stereocenters. The molecule has 3 nitrogen and oxygen atoms in total. The Hall–Kier alpha value is -0.290. The molecule has 12 heavy (non-hydrogen) atoms. The maximum atomic E-state index is 4.10. The Morgan fingerprint density at radius 2 is 2.33 bits per heavy atom. The number of anilines is 1. The van der Waals surface area contributed by atoms with E-state index in [0.29, 0.717) is 0 Å². The monoisotopic (exact) mass is 247 g/mol. The number of hydrogen-bond acceptors (Lipinski definition) is 4. The van der Waals surface area contributed by atoms with E-state index in [1.807, 2.05) is 13.2 Å². The summed E-state index contributed by atoms with van der Waals surface area (Å²) in [6.07, 6.45) is 3.55. The second-order valence-electron chi connectivity index (χ2n) is 2.08. The van der Waals surface area contributed by atoms with Crippen LogP contribution in [0, 0.1) is 0 Å². The molecule has 0 amide bonds. The summed E-state index contributed by atoms with van der Waals surface area (Å²) >= 11 is 5.03. The highest BCUT2D eigenvalue weighted by molar-refractivity contribution is 9.10. The third kappa shape index (κ3) is 2.10. The van der Waals surface area contributed by atoms with Crippen LogP contribution in [0.5, 0.6) is 0 Å². The van der Waals surface area contributed by atoms with Crippen molar-refractivity contribution in [2.24, 2.45) is 0 Å². The Morgan fingerprint density at radius 3 is 2.92 bits per heavy atom. The molecule has 5 heteroatoms. The van der Waals surface area contributed by atoms with Gasteiger partial charge in [0.15, 0.2) is 0 Å². The van der Waals surface area contributed by atoms with Gasteiger partial charge in [0, 0.05) is 6.54 Å². The lowest BCUT2D eigenvalue weighted by Gasteiger charge is -2.06. The summed E-state index contributed by atoms with van der Waals surface area (Å²) < 4.78 is 0.944. The zero-order valence-electron chi connectivity index (χ0n) is 6.97. The van der Waals surface area contributed by atoms with E-state index in [0.717, 1.165) is 21.9 Å². The first kappa shape index (κ1) is 9.80. The van der Waals surface area contributed by atoms with E-state index in [4.69, 9.17) is 0 Å². The molecular formula is C7H10BrN3S. The van der Waals surface area contributed by atoms with Crippen molar-refractivity contribution in [3.63, 3.8) is 0 Å². The van der Waals surface area contributed by atoms with Gasteiger partial charge in [-0.2, -0.15) is 0 Å². The number of halogens is 1. The molecule has 1 N–H and O–H groups in total. The summed E-state index contributed by atoms with van der Waals surface area (Å²) in [6, 6.07) is 0. The van der Waals surface area contributed by atoms with Gasteiger partial charge in [-0.05, 0) is 29.1 Å². The van der Waals surface area contributed by atoms with Crippen LogP contribution in [0.25, 0.3) is 0 Å². The van der Waals surface area contributed by atoms with Crippen LogP contribution in [0.15, 0.2) is 15.8 Å². The molecule has 0 unspecified atom stereocenters. The van der Waals surface area contributed by atoms with Gasteiger partial charge in [0.05, 0.1) is 4.47 Å². The molecular weight excluding hydrogens is 238 g/mol. The van der Waals surface area contributed by atoms with Gasteiger partial charge in [0.2, 0.25) is 0 Å². The van der Waals surface area contributed by atoms with Crippen LogP contribution in [0.1, 0.15) is 6.92 Å². The summed E-state index contributed by atoms with van der Waals surface area (Å²) in [7, 11) is 0. The Kier molecular flexibility index (Phi) is 3.81. The molecule has 0 aliphatic rings. The fourth-order valence-corrected chi connectivity index (χ4v) is 2.05. The number of thioether (sulfide) groups is 1. The van der Waals surface area contributed by atoms with E-state index in [9.17, 15) is 0 Å². The second kappa shape index (κ2) is 4.67. The van der Waals surface area contributed by atoms with Crippen molar-refractivity contribution in [2.75, 3.05) is 18.1 Å². The fourth-order valence-electron chi connectivity index (χ4n) is 0.787. The predicted octanol–water partition coefficient (Wildman–Crippen LogP) is 2.39. The molecule has 0 radical (unpaired) electrons. The molecule has 66 valence electrons. The maximum absolute atomic E-state index is 4.10. The highest BCUT2D eigenvalue weighted by Gasteiger charge is 2.05. The first-order valence-corrected chi connectivity index (χ1v) is 5.59. The molecule has 1 rings (SSSR count). The molecule has 0 saturated carbocycles. The molecule has 0 spiro atoms. The molecule has 1 aromatic rings. The van der Waals surface area contributed by atoms with E-state index in [-0.39, 0.29) is 0 Å². The molecule has 0 aliphatic carbocycles. The van der Waals surface area contributed by atoms with Crippen molar-refractivity contribution >= 4 is 33.5 Å². The van der Waals surface area contributed by atoms with Crippen LogP contribution in [0.2, 0.25) is 0 Å².